The van der Waals surface area contributed by atoms with E-state index in [1.165, 1.54) is 11.1 Å². The van der Waals surface area contributed by atoms with Crippen LogP contribution in [-0.2, 0) is 37.0 Å². The molecule has 0 atom stereocenters. The van der Waals surface area contributed by atoms with Gasteiger partial charge in [0.05, 0.1) is 0 Å². The Hall–Kier alpha value is -2.12. The zero-order chi connectivity index (χ0) is 32.9. The first-order chi connectivity index (χ1) is 20.3. The molecule has 4 bridgehead atoms. The van der Waals surface area contributed by atoms with E-state index in [-0.39, 0.29) is 21.7 Å². The smallest absolute Gasteiger partial charge is 0.124 e. The summed E-state index contributed by atoms with van der Waals surface area (Å²) in [5.41, 5.74) is 6.34. The van der Waals surface area contributed by atoms with E-state index in [0.717, 1.165) is 74.4 Å². The van der Waals surface area contributed by atoms with Crippen molar-refractivity contribution < 1.29 is 10.2 Å². The van der Waals surface area contributed by atoms with E-state index in [1.54, 1.807) is 0 Å². The van der Waals surface area contributed by atoms with Gasteiger partial charge in [-0.15, -0.1) is 0 Å². The van der Waals surface area contributed by atoms with Crippen molar-refractivity contribution in [2.45, 2.75) is 126 Å². The Labute approximate surface area is 269 Å². The maximum atomic E-state index is 11.6. The molecule has 0 saturated carbocycles. The summed E-state index contributed by atoms with van der Waals surface area (Å²) in [7, 11) is 0. The number of rotatable bonds is 3. The molecule has 0 aromatic heterocycles. The molecule has 0 spiro atoms. The standard InChI is InChI=1S/C38H64N4O2/c1-12-13-14-42-22-30-18-32(36(5,6)7)17-29(34(30)44)21-40-24-37(8,9)23-39-19-27-15-31(35(2,3)4)16-28(33(27)43)20-41-25-38(10,11)26-42/h15-18,39-41,43-44H,12-14,19-26H2,1-11H3. The van der Waals surface area contributed by atoms with Crippen molar-refractivity contribution in [1.82, 2.24) is 20.9 Å². The van der Waals surface area contributed by atoms with Crippen LogP contribution in [0, 0.1) is 10.8 Å². The van der Waals surface area contributed by atoms with Gasteiger partial charge in [0.2, 0.25) is 0 Å². The van der Waals surface area contributed by atoms with Crippen molar-refractivity contribution in [3.05, 3.63) is 57.6 Å². The van der Waals surface area contributed by atoms with E-state index < -0.39 is 0 Å². The lowest BCUT2D eigenvalue weighted by Crippen LogP contribution is -2.40. The van der Waals surface area contributed by atoms with Gasteiger partial charge in [0, 0.05) is 74.6 Å². The molecular weight excluding hydrogens is 544 g/mol. The fourth-order valence-electron chi connectivity index (χ4n) is 6.08. The van der Waals surface area contributed by atoms with E-state index in [9.17, 15) is 10.2 Å². The third-order valence-electron chi connectivity index (χ3n) is 8.90. The number of phenolic OH excluding ortho intramolecular Hbond substituents is 2. The van der Waals surface area contributed by atoms with Gasteiger partial charge in [-0.3, -0.25) is 4.90 Å². The van der Waals surface area contributed by atoms with Gasteiger partial charge >= 0.3 is 0 Å². The Morgan fingerprint density at radius 1 is 0.659 bits per heavy atom. The molecule has 0 fully saturated rings. The van der Waals surface area contributed by atoms with Crippen molar-refractivity contribution in [3.8, 4) is 11.5 Å². The minimum Gasteiger partial charge on any atom is -0.507 e. The molecule has 1 heterocycles. The number of nitrogens with one attached hydrogen (secondary N) is 3. The Kier molecular flexibility index (Phi) is 12.0. The predicted molar refractivity (Wildman–Crippen MR) is 186 cm³/mol. The first-order valence-corrected chi connectivity index (χ1v) is 16.9. The SMILES string of the molecule is CCCCN1Cc2cc(C(C)(C)C)cc(c2O)CNCC(C)(C)CNCc2cc(C(C)(C)C)cc(c2O)CNCC(C)(C)C1. The largest absolute Gasteiger partial charge is 0.507 e. The highest BCUT2D eigenvalue weighted by Crippen LogP contribution is 2.34. The van der Waals surface area contributed by atoms with E-state index in [1.807, 2.05) is 0 Å². The van der Waals surface area contributed by atoms with Gasteiger partial charge in [-0.05, 0) is 45.8 Å². The van der Waals surface area contributed by atoms with Crippen molar-refractivity contribution in [2.75, 3.05) is 32.7 Å². The van der Waals surface area contributed by atoms with Crippen LogP contribution in [0.25, 0.3) is 0 Å². The summed E-state index contributed by atoms with van der Waals surface area (Å²) in [6.45, 7) is 31.7. The van der Waals surface area contributed by atoms with E-state index in [0.29, 0.717) is 31.1 Å². The Morgan fingerprint density at radius 2 is 1.05 bits per heavy atom. The molecule has 6 nitrogen and oxygen atoms in total. The summed E-state index contributed by atoms with van der Waals surface area (Å²) in [5.74, 6) is 0.825. The van der Waals surface area contributed by atoms with Gasteiger partial charge in [0.25, 0.3) is 0 Å². The summed E-state index contributed by atoms with van der Waals surface area (Å²) >= 11 is 0. The molecule has 5 N–H and O–H groups in total. The van der Waals surface area contributed by atoms with Crippen molar-refractivity contribution in [3.63, 3.8) is 0 Å². The van der Waals surface area contributed by atoms with Crippen LogP contribution in [0.15, 0.2) is 24.3 Å². The number of benzene rings is 2. The molecule has 2 aromatic rings. The van der Waals surface area contributed by atoms with Gasteiger partial charge < -0.3 is 26.2 Å². The quantitative estimate of drug-likeness (QED) is 0.251. The maximum absolute atomic E-state index is 11.6. The molecule has 0 amide bonds. The van der Waals surface area contributed by atoms with Crippen LogP contribution in [0.2, 0.25) is 0 Å². The number of phenols is 2. The fraction of sp³-hybridized carbons (Fsp3) is 0.684. The lowest BCUT2D eigenvalue weighted by atomic mass is 9.84. The molecule has 248 valence electrons. The summed E-state index contributed by atoms with van der Waals surface area (Å²) in [6.07, 6.45) is 2.26. The van der Waals surface area contributed by atoms with E-state index in [2.05, 4.69) is 121 Å². The zero-order valence-corrected chi connectivity index (χ0v) is 29.9. The van der Waals surface area contributed by atoms with Gasteiger partial charge in [-0.2, -0.15) is 0 Å². The minimum atomic E-state index is -0.0227. The molecular formula is C38H64N4O2. The van der Waals surface area contributed by atoms with E-state index >= 15 is 0 Å². The number of fused-ring (bicyclic) bond motifs is 4. The molecule has 1 aliphatic rings. The van der Waals surface area contributed by atoms with E-state index in [4.69, 9.17) is 0 Å². The molecule has 44 heavy (non-hydrogen) atoms. The Bertz CT molecular complexity index is 1240. The average Bonchev–Trinajstić information content (AvgIpc) is 2.88. The molecule has 0 aliphatic carbocycles. The molecule has 3 rings (SSSR count). The normalized spacial score (nSPS) is 19.4. The van der Waals surface area contributed by atoms with Crippen LogP contribution in [0.5, 0.6) is 11.5 Å². The highest BCUT2D eigenvalue weighted by atomic mass is 16.3. The lowest BCUT2D eigenvalue weighted by Gasteiger charge is -2.34. The second-order valence-electron chi connectivity index (χ2n) is 17.0. The van der Waals surface area contributed by atoms with Gasteiger partial charge in [-0.25, -0.2) is 0 Å². The van der Waals surface area contributed by atoms with Gasteiger partial charge in [-0.1, -0.05) is 107 Å². The number of hydrogen-bond acceptors (Lipinski definition) is 6. The number of hydrogen-bond donors (Lipinski definition) is 5. The number of aromatic hydroxyl groups is 2. The van der Waals surface area contributed by atoms with Crippen LogP contribution in [0.4, 0.5) is 0 Å². The van der Waals surface area contributed by atoms with Crippen LogP contribution in [0.3, 0.4) is 0 Å². The second-order valence-corrected chi connectivity index (χ2v) is 17.0. The molecule has 6 heteroatoms. The molecule has 1 aliphatic heterocycles. The predicted octanol–water partition coefficient (Wildman–Crippen LogP) is 7.33. The number of unbranched alkanes of at least 4 members (excludes halogenated alkanes) is 1. The molecule has 0 saturated heterocycles. The van der Waals surface area contributed by atoms with Crippen LogP contribution >= 0.6 is 0 Å². The topological polar surface area (TPSA) is 79.8 Å². The first-order valence-electron chi connectivity index (χ1n) is 16.9. The van der Waals surface area contributed by atoms with Crippen LogP contribution in [0.1, 0.15) is 122 Å². The Balaban J connectivity index is 2.00. The molecule has 0 radical (unpaired) electrons. The Morgan fingerprint density at radius 3 is 1.45 bits per heavy atom. The summed E-state index contributed by atoms with van der Waals surface area (Å²) < 4.78 is 0. The summed E-state index contributed by atoms with van der Waals surface area (Å²) in [6, 6.07) is 8.76. The highest BCUT2D eigenvalue weighted by Gasteiger charge is 2.26. The maximum Gasteiger partial charge on any atom is 0.124 e. The minimum absolute atomic E-state index is 0.0105. The molecule has 0 unspecified atom stereocenters. The first kappa shape index (κ1) is 36.3. The molecule has 2 aromatic carbocycles. The summed E-state index contributed by atoms with van der Waals surface area (Å²) in [4.78, 5) is 2.52. The van der Waals surface area contributed by atoms with Crippen molar-refractivity contribution in [1.29, 1.82) is 0 Å². The second kappa shape index (κ2) is 14.5. The van der Waals surface area contributed by atoms with Crippen molar-refractivity contribution in [2.24, 2.45) is 10.8 Å². The third-order valence-corrected chi connectivity index (χ3v) is 8.90. The van der Waals surface area contributed by atoms with Gasteiger partial charge in [0.1, 0.15) is 11.5 Å². The van der Waals surface area contributed by atoms with Crippen LogP contribution in [-0.4, -0.2) is 47.8 Å². The van der Waals surface area contributed by atoms with Gasteiger partial charge in [0.15, 0.2) is 0 Å². The fourth-order valence-corrected chi connectivity index (χ4v) is 6.08. The monoisotopic (exact) mass is 609 g/mol. The van der Waals surface area contributed by atoms with Crippen LogP contribution < -0.4 is 16.0 Å². The number of nitrogens with zero attached hydrogens (tertiary/aromatic N) is 1. The average molecular weight is 609 g/mol. The third kappa shape index (κ3) is 10.5. The zero-order valence-electron chi connectivity index (χ0n) is 29.9. The lowest BCUT2D eigenvalue weighted by molar-refractivity contribution is 0.163. The van der Waals surface area contributed by atoms with Crippen molar-refractivity contribution >= 4 is 0 Å². The summed E-state index contributed by atoms with van der Waals surface area (Å²) in [5, 5.41) is 33.9. The highest BCUT2D eigenvalue weighted by molar-refractivity contribution is 5.47.